The molecule has 1 aliphatic carbocycles. The summed E-state index contributed by atoms with van der Waals surface area (Å²) in [6.45, 7) is -0.233. The predicted octanol–water partition coefficient (Wildman–Crippen LogP) is 0.989. The second-order valence-electron chi connectivity index (χ2n) is 5.48. The molecule has 1 aromatic heterocycles. The first-order chi connectivity index (χ1) is 11.4. The van der Waals surface area contributed by atoms with Crippen LogP contribution in [0.2, 0.25) is 0 Å². The van der Waals surface area contributed by atoms with Crippen LogP contribution >= 0.6 is 0 Å². The summed E-state index contributed by atoms with van der Waals surface area (Å²) < 4.78 is 54.5. The minimum atomic E-state index is -4.36. The third-order valence-corrected chi connectivity index (χ3v) is 5.34. The van der Waals surface area contributed by atoms with Gasteiger partial charge in [0.05, 0.1) is 12.2 Å². The Morgan fingerprint density at radius 3 is 2.62 bits per heavy atom. The zero-order chi connectivity index (χ0) is 17.3. The van der Waals surface area contributed by atoms with Gasteiger partial charge < -0.3 is 0 Å². The van der Waals surface area contributed by atoms with Crippen molar-refractivity contribution in [2.75, 3.05) is 6.54 Å². The lowest BCUT2D eigenvalue weighted by atomic mass is 10.2. The number of rotatable bonds is 5. The van der Waals surface area contributed by atoms with Crippen LogP contribution in [0.5, 0.6) is 0 Å². The molecule has 2 aromatic rings. The summed E-state index contributed by atoms with van der Waals surface area (Å²) in [4.78, 5) is 10.9. The fraction of sp³-hybridized carbons (Fsp3) is 0.333. The molecule has 0 spiro atoms. The molecule has 1 aromatic carbocycles. The van der Waals surface area contributed by atoms with E-state index >= 15 is 0 Å². The minimum Gasteiger partial charge on any atom is -0.268 e. The lowest BCUT2D eigenvalue weighted by Crippen LogP contribution is -2.33. The standard InChI is InChI=1S/C15H15F2N3O3S/c16-11-4-2-5-12(17)15(11)24(22,23)18-7-8-20-14(21)9-10-3-1-6-13(10)19-20/h2,4-5,9,18H,1,3,6-8H2. The van der Waals surface area contributed by atoms with Gasteiger partial charge in [-0.05, 0) is 37.0 Å². The maximum absolute atomic E-state index is 13.6. The highest BCUT2D eigenvalue weighted by atomic mass is 32.2. The highest BCUT2D eigenvalue weighted by Gasteiger charge is 2.23. The number of fused-ring (bicyclic) bond motifs is 1. The number of hydrogen-bond acceptors (Lipinski definition) is 4. The Morgan fingerprint density at radius 2 is 1.92 bits per heavy atom. The van der Waals surface area contributed by atoms with Gasteiger partial charge >= 0.3 is 0 Å². The van der Waals surface area contributed by atoms with Crippen LogP contribution < -0.4 is 10.3 Å². The van der Waals surface area contributed by atoms with Gasteiger partial charge in [-0.25, -0.2) is 26.6 Å². The Kier molecular flexibility index (Phi) is 4.46. The fourth-order valence-electron chi connectivity index (χ4n) is 2.70. The van der Waals surface area contributed by atoms with E-state index in [1.807, 2.05) is 0 Å². The third kappa shape index (κ3) is 3.22. The van der Waals surface area contributed by atoms with Crippen LogP contribution in [0, 0.1) is 11.6 Å². The van der Waals surface area contributed by atoms with Crippen LogP contribution in [0.15, 0.2) is 34.0 Å². The molecule has 0 saturated heterocycles. The van der Waals surface area contributed by atoms with Crippen molar-refractivity contribution in [3.63, 3.8) is 0 Å². The van der Waals surface area contributed by atoms with Crippen molar-refractivity contribution in [1.29, 1.82) is 0 Å². The summed E-state index contributed by atoms with van der Waals surface area (Å²) in [5.74, 6) is -2.34. The fourth-order valence-corrected chi connectivity index (χ4v) is 3.85. The molecular weight excluding hydrogens is 340 g/mol. The maximum Gasteiger partial charge on any atom is 0.267 e. The molecule has 128 valence electrons. The molecule has 0 bridgehead atoms. The lowest BCUT2D eigenvalue weighted by Gasteiger charge is -2.10. The van der Waals surface area contributed by atoms with Gasteiger partial charge in [-0.3, -0.25) is 4.79 Å². The lowest BCUT2D eigenvalue weighted by molar-refractivity contribution is 0.507. The number of halogens is 2. The smallest absolute Gasteiger partial charge is 0.267 e. The van der Waals surface area contributed by atoms with Crippen molar-refractivity contribution in [2.24, 2.45) is 0 Å². The van der Waals surface area contributed by atoms with Crippen molar-refractivity contribution in [3.05, 3.63) is 57.5 Å². The van der Waals surface area contributed by atoms with Crippen molar-refractivity contribution in [1.82, 2.24) is 14.5 Å². The van der Waals surface area contributed by atoms with Gasteiger partial charge in [0.2, 0.25) is 10.0 Å². The Labute approximate surface area is 137 Å². The van der Waals surface area contributed by atoms with E-state index in [1.165, 1.54) is 6.07 Å². The first kappa shape index (κ1) is 16.7. The van der Waals surface area contributed by atoms with E-state index in [0.29, 0.717) is 0 Å². The quantitative estimate of drug-likeness (QED) is 0.867. The molecule has 0 amide bonds. The largest absolute Gasteiger partial charge is 0.268 e. The molecule has 0 fully saturated rings. The predicted molar refractivity (Wildman–Crippen MR) is 82.1 cm³/mol. The van der Waals surface area contributed by atoms with Gasteiger partial charge in [0.15, 0.2) is 4.90 Å². The van der Waals surface area contributed by atoms with Crippen LogP contribution in [-0.4, -0.2) is 24.7 Å². The third-order valence-electron chi connectivity index (χ3n) is 3.83. The normalized spacial score (nSPS) is 13.9. The van der Waals surface area contributed by atoms with E-state index in [4.69, 9.17) is 0 Å². The molecule has 0 saturated carbocycles. The average molecular weight is 355 g/mol. The molecule has 9 heteroatoms. The second kappa shape index (κ2) is 6.40. The van der Waals surface area contributed by atoms with Gasteiger partial charge in [0.1, 0.15) is 11.6 Å². The first-order valence-corrected chi connectivity index (χ1v) is 8.90. The number of nitrogens with one attached hydrogen (secondary N) is 1. The van der Waals surface area contributed by atoms with Crippen LogP contribution in [0.1, 0.15) is 17.7 Å². The van der Waals surface area contributed by atoms with E-state index in [1.54, 1.807) is 0 Å². The molecule has 1 N–H and O–H groups in total. The molecule has 0 radical (unpaired) electrons. The van der Waals surface area contributed by atoms with Gasteiger partial charge in [0.25, 0.3) is 5.56 Å². The number of aryl methyl sites for hydroxylation is 2. The monoisotopic (exact) mass is 355 g/mol. The molecule has 0 atom stereocenters. The van der Waals surface area contributed by atoms with Gasteiger partial charge in [-0.1, -0.05) is 6.07 Å². The topological polar surface area (TPSA) is 81.1 Å². The number of benzene rings is 1. The van der Waals surface area contributed by atoms with Crippen molar-refractivity contribution < 1.29 is 17.2 Å². The molecule has 0 unspecified atom stereocenters. The van der Waals surface area contributed by atoms with E-state index in [0.717, 1.165) is 53.4 Å². The van der Waals surface area contributed by atoms with Gasteiger partial charge in [0, 0.05) is 12.6 Å². The minimum absolute atomic E-state index is 0.0264. The summed E-state index contributed by atoms with van der Waals surface area (Å²) >= 11 is 0. The van der Waals surface area contributed by atoms with Gasteiger partial charge in [-0.15, -0.1) is 0 Å². The Bertz CT molecular complexity index is 921. The summed E-state index contributed by atoms with van der Waals surface area (Å²) in [7, 11) is -4.36. The highest BCUT2D eigenvalue weighted by molar-refractivity contribution is 7.89. The highest BCUT2D eigenvalue weighted by Crippen LogP contribution is 2.18. The molecule has 3 rings (SSSR count). The van der Waals surface area contributed by atoms with Crippen LogP contribution in [0.3, 0.4) is 0 Å². The summed E-state index contributed by atoms with van der Waals surface area (Å²) in [5.41, 5.74) is 1.43. The van der Waals surface area contributed by atoms with E-state index in [-0.39, 0.29) is 18.6 Å². The molecule has 1 aliphatic rings. The van der Waals surface area contributed by atoms with Crippen LogP contribution in [0.4, 0.5) is 8.78 Å². The number of aromatic nitrogens is 2. The SMILES string of the molecule is O=c1cc2c(nn1CCNS(=O)(=O)c1c(F)cccc1F)CCC2. The Hall–Kier alpha value is -2.13. The maximum atomic E-state index is 13.6. The number of hydrogen-bond donors (Lipinski definition) is 1. The summed E-state index contributed by atoms with van der Waals surface area (Å²) in [5, 5.41) is 4.20. The van der Waals surface area contributed by atoms with E-state index in [2.05, 4.69) is 9.82 Å². The first-order valence-electron chi connectivity index (χ1n) is 7.42. The van der Waals surface area contributed by atoms with E-state index < -0.39 is 26.6 Å². The Balaban J connectivity index is 1.74. The molecule has 0 aliphatic heterocycles. The molecule has 24 heavy (non-hydrogen) atoms. The average Bonchev–Trinajstić information content (AvgIpc) is 2.93. The van der Waals surface area contributed by atoms with Crippen LogP contribution in [0.25, 0.3) is 0 Å². The number of nitrogens with zero attached hydrogens (tertiary/aromatic N) is 2. The molecule has 6 nitrogen and oxygen atoms in total. The van der Waals surface area contributed by atoms with E-state index in [9.17, 15) is 22.0 Å². The number of sulfonamides is 1. The zero-order valence-electron chi connectivity index (χ0n) is 12.6. The Morgan fingerprint density at radius 1 is 1.21 bits per heavy atom. The summed E-state index contributed by atoms with van der Waals surface area (Å²) in [6, 6.07) is 4.31. The molecule has 1 heterocycles. The van der Waals surface area contributed by atoms with Gasteiger partial charge in [-0.2, -0.15) is 5.10 Å². The van der Waals surface area contributed by atoms with Crippen molar-refractivity contribution in [3.8, 4) is 0 Å². The summed E-state index contributed by atoms with van der Waals surface area (Å²) in [6.07, 6.45) is 2.53. The second-order valence-corrected chi connectivity index (χ2v) is 7.18. The van der Waals surface area contributed by atoms with Crippen molar-refractivity contribution >= 4 is 10.0 Å². The van der Waals surface area contributed by atoms with Crippen LogP contribution in [-0.2, 0) is 29.4 Å². The zero-order valence-corrected chi connectivity index (χ0v) is 13.4. The van der Waals surface area contributed by atoms with Crippen molar-refractivity contribution in [2.45, 2.75) is 30.7 Å². The molecular formula is C15H15F2N3O3S.